The first-order valence-corrected chi connectivity index (χ1v) is 8.24. The molecule has 2 aromatic heterocycles. The van der Waals surface area contributed by atoms with Crippen molar-refractivity contribution in [2.45, 2.75) is 31.5 Å². The van der Waals surface area contributed by atoms with Gasteiger partial charge in [-0.1, -0.05) is 0 Å². The van der Waals surface area contributed by atoms with Gasteiger partial charge >= 0.3 is 0 Å². The van der Waals surface area contributed by atoms with Crippen molar-refractivity contribution in [3.8, 4) is 0 Å². The summed E-state index contributed by atoms with van der Waals surface area (Å²) in [5.41, 5.74) is 2.41. The first-order chi connectivity index (χ1) is 11.8. The Balaban J connectivity index is 1.58. The van der Waals surface area contributed by atoms with Gasteiger partial charge in [0.1, 0.15) is 5.82 Å². The zero-order valence-electron chi connectivity index (χ0n) is 13.4. The number of nitrogens with one attached hydrogen (secondary N) is 2. The largest absolute Gasteiger partial charge is 0.370 e. The normalized spacial score (nSPS) is 19.0. The van der Waals surface area contributed by atoms with Crippen molar-refractivity contribution in [1.29, 1.82) is 0 Å². The van der Waals surface area contributed by atoms with E-state index in [4.69, 9.17) is 4.74 Å². The van der Waals surface area contributed by atoms with E-state index in [9.17, 15) is 4.39 Å². The molecule has 0 spiro atoms. The van der Waals surface area contributed by atoms with E-state index in [0.717, 1.165) is 42.8 Å². The molecule has 4 heterocycles. The lowest BCUT2D eigenvalue weighted by molar-refractivity contribution is 0.133. The van der Waals surface area contributed by atoms with E-state index in [-0.39, 0.29) is 11.2 Å². The SMILES string of the molecule is Fc1cnccc1C1(CNc2ncc3c(n2)COC3)CCNCC1. The molecule has 1 fully saturated rings. The van der Waals surface area contributed by atoms with Crippen LogP contribution in [-0.2, 0) is 23.4 Å². The minimum atomic E-state index is -0.281. The number of nitrogens with zero attached hydrogens (tertiary/aromatic N) is 3. The molecule has 0 amide bonds. The number of fused-ring (bicyclic) bond motifs is 1. The summed E-state index contributed by atoms with van der Waals surface area (Å²) in [5.74, 6) is 0.330. The quantitative estimate of drug-likeness (QED) is 0.891. The fraction of sp³-hybridized carbons (Fsp3) is 0.471. The van der Waals surface area contributed by atoms with Crippen molar-refractivity contribution in [2.24, 2.45) is 0 Å². The van der Waals surface area contributed by atoms with E-state index in [1.165, 1.54) is 6.20 Å². The highest BCUT2D eigenvalue weighted by atomic mass is 19.1. The maximum atomic E-state index is 14.4. The third-order valence-corrected chi connectivity index (χ3v) is 4.94. The van der Waals surface area contributed by atoms with Gasteiger partial charge in [0.15, 0.2) is 0 Å². The number of aromatic nitrogens is 3. The molecule has 2 aliphatic heterocycles. The highest BCUT2D eigenvalue weighted by Crippen LogP contribution is 2.35. The van der Waals surface area contributed by atoms with Crippen LogP contribution in [0.25, 0.3) is 0 Å². The highest BCUT2D eigenvalue weighted by molar-refractivity contribution is 5.34. The number of rotatable bonds is 4. The third-order valence-electron chi connectivity index (χ3n) is 4.94. The second-order valence-corrected chi connectivity index (χ2v) is 6.40. The highest BCUT2D eigenvalue weighted by Gasteiger charge is 2.36. The molecule has 0 aromatic carbocycles. The van der Waals surface area contributed by atoms with Crippen molar-refractivity contribution < 1.29 is 9.13 Å². The van der Waals surface area contributed by atoms with Crippen molar-refractivity contribution >= 4 is 5.95 Å². The zero-order chi connectivity index (χ0) is 16.4. The Bertz CT molecular complexity index is 733. The molecule has 0 aliphatic carbocycles. The summed E-state index contributed by atoms with van der Waals surface area (Å²) in [6, 6.07) is 1.79. The topological polar surface area (TPSA) is 72.0 Å². The fourth-order valence-corrected chi connectivity index (χ4v) is 3.53. The van der Waals surface area contributed by atoms with Crippen LogP contribution < -0.4 is 10.6 Å². The second kappa shape index (κ2) is 6.41. The molecule has 0 unspecified atom stereocenters. The van der Waals surface area contributed by atoms with E-state index in [0.29, 0.717) is 25.7 Å². The summed E-state index contributed by atoms with van der Waals surface area (Å²) in [7, 11) is 0. The molecule has 2 aromatic rings. The Morgan fingerprint density at radius 1 is 1.25 bits per heavy atom. The minimum Gasteiger partial charge on any atom is -0.370 e. The monoisotopic (exact) mass is 329 g/mol. The molecule has 24 heavy (non-hydrogen) atoms. The predicted octanol–water partition coefficient (Wildman–Crippen LogP) is 1.77. The first-order valence-electron chi connectivity index (χ1n) is 8.24. The number of hydrogen-bond donors (Lipinski definition) is 2. The van der Waals surface area contributed by atoms with Gasteiger partial charge in [0.25, 0.3) is 0 Å². The summed E-state index contributed by atoms with van der Waals surface area (Å²) in [6.45, 7) is 3.42. The molecule has 1 saturated heterocycles. The molecular weight excluding hydrogens is 309 g/mol. The van der Waals surface area contributed by atoms with E-state index in [1.54, 1.807) is 18.5 Å². The average Bonchev–Trinajstić information content (AvgIpc) is 3.09. The van der Waals surface area contributed by atoms with Crippen LogP contribution in [0, 0.1) is 5.82 Å². The number of anilines is 1. The number of halogens is 1. The van der Waals surface area contributed by atoms with Crippen LogP contribution in [-0.4, -0.2) is 34.6 Å². The van der Waals surface area contributed by atoms with Gasteiger partial charge in [0.2, 0.25) is 5.95 Å². The lowest BCUT2D eigenvalue weighted by Crippen LogP contribution is -2.45. The van der Waals surface area contributed by atoms with Crippen LogP contribution in [0.3, 0.4) is 0 Å². The van der Waals surface area contributed by atoms with Crippen LogP contribution in [0.5, 0.6) is 0 Å². The van der Waals surface area contributed by atoms with Crippen LogP contribution in [0.2, 0.25) is 0 Å². The van der Waals surface area contributed by atoms with Crippen molar-refractivity contribution in [3.05, 3.63) is 47.3 Å². The molecule has 0 atom stereocenters. The van der Waals surface area contributed by atoms with Gasteiger partial charge in [0, 0.05) is 29.9 Å². The van der Waals surface area contributed by atoms with Gasteiger partial charge in [-0.25, -0.2) is 14.4 Å². The molecule has 0 bridgehead atoms. The standard InChI is InChI=1S/C17H20FN5O/c18-14-8-20-4-1-13(14)17(2-5-19-6-3-17)11-22-16-21-7-12-9-24-10-15(12)23-16/h1,4,7-8,19H,2-3,5-6,9-11H2,(H,21,22,23). The second-order valence-electron chi connectivity index (χ2n) is 6.40. The summed E-state index contributed by atoms with van der Waals surface area (Å²) in [5, 5.41) is 6.67. The molecule has 7 heteroatoms. The van der Waals surface area contributed by atoms with Crippen LogP contribution >= 0.6 is 0 Å². The first kappa shape index (κ1) is 15.4. The van der Waals surface area contributed by atoms with Gasteiger partial charge in [0.05, 0.1) is 25.1 Å². The summed E-state index contributed by atoms with van der Waals surface area (Å²) < 4.78 is 19.7. The average molecular weight is 329 g/mol. The summed E-state index contributed by atoms with van der Waals surface area (Å²) in [6.07, 6.45) is 6.47. The molecule has 6 nitrogen and oxygen atoms in total. The molecule has 0 saturated carbocycles. The van der Waals surface area contributed by atoms with Gasteiger partial charge < -0.3 is 15.4 Å². The Hall–Kier alpha value is -2.12. The smallest absolute Gasteiger partial charge is 0.222 e. The number of ether oxygens (including phenoxy) is 1. The summed E-state index contributed by atoms with van der Waals surface area (Å²) in [4.78, 5) is 12.8. The fourth-order valence-electron chi connectivity index (χ4n) is 3.53. The van der Waals surface area contributed by atoms with Crippen LogP contribution in [0.15, 0.2) is 24.7 Å². The number of piperidine rings is 1. The summed E-state index contributed by atoms with van der Waals surface area (Å²) >= 11 is 0. The number of pyridine rings is 1. The number of hydrogen-bond acceptors (Lipinski definition) is 6. The Kier molecular flexibility index (Phi) is 4.12. The van der Waals surface area contributed by atoms with Crippen LogP contribution in [0.4, 0.5) is 10.3 Å². The maximum Gasteiger partial charge on any atom is 0.222 e. The predicted molar refractivity (Wildman–Crippen MR) is 87.0 cm³/mol. The molecule has 2 N–H and O–H groups in total. The van der Waals surface area contributed by atoms with Crippen molar-refractivity contribution in [1.82, 2.24) is 20.3 Å². The molecule has 126 valence electrons. The van der Waals surface area contributed by atoms with Crippen molar-refractivity contribution in [2.75, 3.05) is 25.0 Å². The van der Waals surface area contributed by atoms with Gasteiger partial charge in [-0.05, 0) is 37.6 Å². The minimum absolute atomic E-state index is 0.246. The molecular formula is C17H20FN5O. The van der Waals surface area contributed by atoms with Gasteiger partial charge in [-0.3, -0.25) is 4.98 Å². The lowest BCUT2D eigenvalue weighted by atomic mass is 9.73. The maximum absolute atomic E-state index is 14.4. The Morgan fingerprint density at radius 2 is 2.12 bits per heavy atom. The van der Waals surface area contributed by atoms with E-state index >= 15 is 0 Å². The van der Waals surface area contributed by atoms with Gasteiger partial charge in [-0.2, -0.15) is 0 Å². The third kappa shape index (κ3) is 2.85. The van der Waals surface area contributed by atoms with Gasteiger partial charge in [-0.15, -0.1) is 0 Å². The van der Waals surface area contributed by atoms with E-state index in [2.05, 4.69) is 25.6 Å². The van der Waals surface area contributed by atoms with E-state index < -0.39 is 0 Å². The Labute approximate surface area is 139 Å². The zero-order valence-corrected chi connectivity index (χ0v) is 13.4. The molecule has 0 radical (unpaired) electrons. The Morgan fingerprint density at radius 3 is 2.96 bits per heavy atom. The van der Waals surface area contributed by atoms with E-state index in [1.807, 2.05) is 0 Å². The lowest BCUT2D eigenvalue weighted by Gasteiger charge is -2.38. The van der Waals surface area contributed by atoms with Crippen LogP contribution in [0.1, 0.15) is 29.7 Å². The van der Waals surface area contributed by atoms with Crippen molar-refractivity contribution in [3.63, 3.8) is 0 Å². The molecule has 2 aliphatic rings. The molecule has 4 rings (SSSR count).